The van der Waals surface area contributed by atoms with Gasteiger partial charge in [0, 0.05) is 27.8 Å². The summed E-state index contributed by atoms with van der Waals surface area (Å²) in [4.78, 5) is 0. The van der Waals surface area contributed by atoms with E-state index in [1.54, 1.807) is 0 Å². The molecule has 5 aromatic rings. The lowest BCUT2D eigenvalue weighted by Gasteiger charge is -2.29. The van der Waals surface area contributed by atoms with Crippen LogP contribution >= 0.6 is 0 Å². The van der Waals surface area contributed by atoms with Crippen LogP contribution in [0.15, 0.2) is 115 Å². The zero-order valence-corrected chi connectivity index (χ0v) is 21.0. The van der Waals surface area contributed by atoms with Crippen molar-refractivity contribution < 1.29 is 0 Å². The van der Waals surface area contributed by atoms with Gasteiger partial charge >= 0.3 is 0 Å². The molecule has 1 nitrogen and oxygen atoms in total. The number of fused-ring (bicyclic) bond motifs is 6. The molecule has 0 heterocycles. The number of hydrogen-bond donors (Lipinski definition) is 1. The number of nitrogens with one attached hydrogen (secondary N) is 1. The molecule has 7 rings (SSSR count). The Labute approximate surface area is 213 Å². The summed E-state index contributed by atoms with van der Waals surface area (Å²) in [5.41, 5.74) is 14.3. The highest BCUT2D eigenvalue weighted by Crippen LogP contribution is 2.53. The van der Waals surface area contributed by atoms with E-state index in [2.05, 4.69) is 141 Å². The van der Waals surface area contributed by atoms with Gasteiger partial charge in [0.25, 0.3) is 0 Å². The van der Waals surface area contributed by atoms with E-state index >= 15 is 0 Å². The van der Waals surface area contributed by atoms with Crippen molar-refractivity contribution in [1.29, 1.82) is 0 Å². The van der Waals surface area contributed by atoms with E-state index in [4.69, 9.17) is 0 Å². The van der Waals surface area contributed by atoms with Crippen LogP contribution in [0.5, 0.6) is 0 Å². The summed E-state index contributed by atoms with van der Waals surface area (Å²) < 4.78 is 0. The van der Waals surface area contributed by atoms with Crippen LogP contribution in [-0.4, -0.2) is 0 Å². The standard InChI is InChI=1S/C35H29N/c1-34(2)28-17-7-6-16-27(28)33-31(34)20-11-21-32(33)36-24-13-10-12-23(22-24)35(3)29-18-8-4-14-25(29)26-15-5-9-19-30(26)35/h4-22,36H,1-3H3. The molecule has 174 valence electrons. The second-order valence-electron chi connectivity index (χ2n) is 10.8. The van der Waals surface area contributed by atoms with E-state index in [0.717, 1.165) is 5.69 Å². The smallest absolute Gasteiger partial charge is 0.0467 e. The fraction of sp³-hybridized carbons (Fsp3) is 0.143. The molecular weight excluding hydrogens is 434 g/mol. The molecule has 0 aromatic heterocycles. The van der Waals surface area contributed by atoms with E-state index in [1.165, 1.54) is 55.8 Å². The Bertz CT molecular complexity index is 1610. The van der Waals surface area contributed by atoms with Gasteiger partial charge in [-0.1, -0.05) is 111 Å². The molecule has 0 amide bonds. The maximum atomic E-state index is 3.81. The summed E-state index contributed by atoms with van der Waals surface area (Å²) in [6.07, 6.45) is 0. The quantitative estimate of drug-likeness (QED) is 0.281. The second kappa shape index (κ2) is 7.45. The Morgan fingerprint density at radius 1 is 0.500 bits per heavy atom. The molecule has 1 N–H and O–H groups in total. The monoisotopic (exact) mass is 463 g/mol. The van der Waals surface area contributed by atoms with Crippen molar-refractivity contribution in [3.8, 4) is 22.3 Å². The van der Waals surface area contributed by atoms with Crippen LogP contribution in [0, 0.1) is 0 Å². The Balaban J connectivity index is 1.35. The molecule has 2 aliphatic carbocycles. The molecule has 0 bridgehead atoms. The van der Waals surface area contributed by atoms with Crippen molar-refractivity contribution in [3.05, 3.63) is 143 Å². The van der Waals surface area contributed by atoms with Crippen LogP contribution in [0.3, 0.4) is 0 Å². The Kier molecular flexibility index (Phi) is 4.39. The molecule has 5 aromatic carbocycles. The molecule has 0 fully saturated rings. The van der Waals surface area contributed by atoms with E-state index in [-0.39, 0.29) is 10.8 Å². The third-order valence-electron chi connectivity index (χ3n) is 8.55. The molecule has 0 spiro atoms. The fourth-order valence-electron chi connectivity index (χ4n) is 6.69. The first-order valence-corrected chi connectivity index (χ1v) is 12.8. The van der Waals surface area contributed by atoms with Crippen LogP contribution in [0.4, 0.5) is 11.4 Å². The lowest BCUT2D eigenvalue weighted by atomic mass is 9.74. The summed E-state index contributed by atoms with van der Waals surface area (Å²) >= 11 is 0. The molecule has 0 radical (unpaired) electrons. The van der Waals surface area contributed by atoms with Gasteiger partial charge in [-0.3, -0.25) is 0 Å². The highest BCUT2D eigenvalue weighted by Gasteiger charge is 2.40. The van der Waals surface area contributed by atoms with Gasteiger partial charge in [-0.05, 0) is 69.6 Å². The minimum Gasteiger partial charge on any atom is -0.355 e. The summed E-state index contributed by atoms with van der Waals surface area (Å²) in [5.74, 6) is 0. The molecule has 1 heteroatoms. The summed E-state index contributed by atoms with van der Waals surface area (Å²) in [6, 6.07) is 42.2. The fourth-order valence-corrected chi connectivity index (χ4v) is 6.69. The molecular formula is C35H29N. The van der Waals surface area contributed by atoms with Gasteiger partial charge in [-0.15, -0.1) is 0 Å². The van der Waals surface area contributed by atoms with Gasteiger partial charge < -0.3 is 5.32 Å². The zero-order valence-electron chi connectivity index (χ0n) is 21.0. The first kappa shape index (κ1) is 21.2. The second-order valence-corrected chi connectivity index (χ2v) is 10.8. The summed E-state index contributed by atoms with van der Waals surface area (Å²) in [7, 11) is 0. The van der Waals surface area contributed by atoms with Gasteiger partial charge in [-0.25, -0.2) is 0 Å². The van der Waals surface area contributed by atoms with Gasteiger partial charge in [0.1, 0.15) is 0 Å². The van der Waals surface area contributed by atoms with E-state index < -0.39 is 0 Å². The van der Waals surface area contributed by atoms with Crippen molar-refractivity contribution in [3.63, 3.8) is 0 Å². The van der Waals surface area contributed by atoms with Crippen LogP contribution < -0.4 is 5.32 Å². The minimum atomic E-state index is -0.196. The Morgan fingerprint density at radius 3 is 1.75 bits per heavy atom. The topological polar surface area (TPSA) is 12.0 Å². The molecule has 0 atom stereocenters. The highest BCUT2D eigenvalue weighted by molar-refractivity contribution is 5.91. The molecule has 0 saturated carbocycles. The van der Waals surface area contributed by atoms with Crippen molar-refractivity contribution >= 4 is 11.4 Å². The Morgan fingerprint density at radius 2 is 1.06 bits per heavy atom. The van der Waals surface area contributed by atoms with Crippen LogP contribution in [0.2, 0.25) is 0 Å². The number of hydrogen-bond acceptors (Lipinski definition) is 1. The van der Waals surface area contributed by atoms with Crippen molar-refractivity contribution in [2.45, 2.75) is 31.6 Å². The van der Waals surface area contributed by atoms with Crippen LogP contribution in [0.1, 0.15) is 48.6 Å². The molecule has 2 aliphatic rings. The van der Waals surface area contributed by atoms with E-state index in [1.807, 2.05) is 0 Å². The summed E-state index contributed by atoms with van der Waals surface area (Å²) in [6.45, 7) is 7.03. The van der Waals surface area contributed by atoms with Crippen molar-refractivity contribution in [1.82, 2.24) is 0 Å². The lowest BCUT2D eigenvalue weighted by molar-refractivity contribution is 0.660. The van der Waals surface area contributed by atoms with Gasteiger partial charge in [-0.2, -0.15) is 0 Å². The van der Waals surface area contributed by atoms with Gasteiger partial charge in [0.15, 0.2) is 0 Å². The van der Waals surface area contributed by atoms with Crippen molar-refractivity contribution in [2.24, 2.45) is 0 Å². The number of anilines is 2. The lowest BCUT2D eigenvalue weighted by Crippen LogP contribution is -2.22. The molecule has 0 aliphatic heterocycles. The largest absolute Gasteiger partial charge is 0.355 e. The van der Waals surface area contributed by atoms with Gasteiger partial charge in [0.2, 0.25) is 0 Å². The maximum absolute atomic E-state index is 3.81. The van der Waals surface area contributed by atoms with Gasteiger partial charge in [0.05, 0.1) is 0 Å². The number of benzene rings is 5. The average Bonchev–Trinajstić information content (AvgIpc) is 3.32. The molecule has 0 unspecified atom stereocenters. The number of rotatable bonds is 3. The predicted octanol–water partition coefficient (Wildman–Crippen LogP) is 9.07. The van der Waals surface area contributed by atoms with E-state index in [0.29, 0.717) is 0 Å². The minimum absolute atomic E-state index is 0.00376. The third-order valence-corrected chi connectivity index (χ3v) is 8.55. The van der Waals surface area contributed by atoms with Crippen LogP contribution in [0.25, 0.3) is 22.3 Å². The SMILES string of the molecule is CC1(C)c2ccccc2-c2c(Nc3cccc(C4(C)c5ccccc5-c5ccccc54)c3)cccc21. The maximum Gasteiger partial charge on any atom is 0.0467 e. The predicted molar refractivity (Wildman–Crippen MR) is 151 cm³/mol. The highest BCUT2D eigenvalue weighted by atomic mass is 14.9. The van der Waals surface area contributed by atoms with E-state index in [9.17, 15) is 0 Å². The zero-order chi connectivity index (χ0) is 24.5. The molecule has 0 saturated heterocycles. The van der Waals surface area contributed by atoms with Crippen molar-refractivity contribution in [2.75, 3.05) is 5.32 Å². The third kappa shape index (κ3) is 2.77. The first-order chi connectivity index (χ1) is 17.5. The summed E-state index contributed by atoms with van der Waals surface area (Å²) in [5, 5.41) is 3.81. The first-order valence-electron chi connectivity index (χ1n) is 12.8. The Hall–Kier alpha value is -4.10. The average molecular weight is 464 g/mol. The normalized spacial score (nSPS) is 15.5. The van der Waals surface area contributed by atoms with Crippen LogP contribution in [-0.2, 0) is 10.8 Å². The molecule has 36 heavy (non-hydrogen) atoms.